The van der Waals surface area contributed by atoms with Crippen molar-refractivity contribution in [1.29, 1.82) is 0 Å². The molecule has 66 valence electrons. The van der Waals surface area contributed by atoms with E-state index in [0.717, 1.165) is 0 Å². The van der Waals surface area contributed by atoms with E-state index in [1.54, 1.807) is 0 Å². The molecule has 7 nitrogen and oxygen atoms in total. The number of nitrogens with one attached hydrogen (secondary N) is 3. The van der Waals surface area contributed by atoms with E-state index in [0.29, 0.717) is 5.69 Å². The van der Waals surface area contributed by atoms with Crippen LogP contribution in [0.4, 0.5) is 0 Å². The molecule has 0 fully saturated rings. The smallest absolute Gasteiger partial charge is 0.313 e. The molecule has 0 amide bonds. The number of rotatable bonds is 1. The summed E-state index contributed by atoms with van der Waals surface area (Å²) in [5, 5.41) is 9.61. The van der Waals surface area contributed by atoms with E-state index in [1.807, 2.05) is 0 Å². The molecule has 0 aliphatic rings. The fourth-order valence-corrected chi connectivity index (χ4v) is 0.931. The van der Waals surface area contributed by atoms with Crippen LogP contribution >= 0.6 is 0 Å². The summed E-state index contributed by atoms with van der Waals surface area (Å²) in [6.07, 6.45) is 2.68. The molecule has 2 rings (SSSR count). The summed E-state index contributed by atoms with van der Waals surface area (Å²) in [6, 6.07) is 0. The van der Waals surface area contributed by atoms with Gasteiger partial charge in [0.05, 0.1) is 11.8 Å². The molecule has 0 saturated heterocycles. The molecular formula is C6H5N5O2. The van der Waals surface area contributed by atoms with Gasteiger partial charge < -0.3 is 4.98 Å². The normalized spacial score (nSPS) is 10.2. The minimum absolute atomic E-state index is 0.272. The Balaban J connectivity index is 2.67. The summed E-state index contributed by atoms with van der Waals surface area (Å²) in [7, 11) is 0. The number of H-pyrrole nitrogens is 3. The Morgan fingerprint density at radius 3 is 2.77 bits per heavy atom. The second-order valence-corrected chi connectivity index (χ2v) is 2.34. The van der Waals surface area contributed by atoms with Gasteiger partial charge in [-0.05, 0) is 0 Å². The van der Waals surface area contributed by atoms with Crippen LogP contribution in [-0.2, 0) is 0 Å². The molecule has 0 radical (unpaired) electrons. The Morgan fingerprint density at radius 2 is 2.15 bits per heavy atom. The van der Waals surface area contributed by atoms with Gasteiger partial charge in [-0.3, -0.25) is 9.78 Å². The van der Waals surface area contributed by atoms with Crippen molar-refractivity contribution in [2.24, 2.45) is 0 Å². The molecule has 3 N–H and O–H groups in total. The van der Waals surface area contributed by atoms with Crippen molar-refractivity contribution in [2.75, 3.05) is 0 Å². The summed E-state index contributed by atoms with van der Waals surface area (Å²) < 4.78 is 0. The maximum Gasteiger partial charge on any atom is 0.325 e. The molecule has 0 aliphatic carbocycles. The summed E-state index contributed by atoms with van der Waals surface area (Å²) in [4.78, 5) is 26.3. The maximum atomic E-state index is 11.2. The minimum atomic E-state index is -0.544. The Hall–Kier alpha value is -2.18. The first-order valence-electron chi connectivity index (χ1n) is 3.45. The van der Waals surface area contributed by atoms with E-state index in [9.17, 15) is 9.59 Å². The van der Waals surface area contributed by atoms with Gasteiger partial charge in [0.25, 0.3) is 5.56 Å². The van der Waals surface area contributed by atoms with Gasteiger partial charge in [0.2, 0.25) is 0 Å². The Bertz CT molecular complexity index is 508. The van der Waals surface area contributed by atoms with Gasteiger partial charge in [-0.25, -0.2) is 4.79 Å². The van der Waals surface area contributed by atoms with Crippen LogP contribution in [0.15, 0.2) is 22.0 Å². The zero-order valence-electron chi connectivity index (χ0n) is 6.37. The van der Waals surface area contributed by atoms with E-state index < -0.39 is 11.2 Å². The number of hydrogen-bond acceptors (Lipinski definition) is 4. The third-order valence-corrected chi connectivity index (χ3v) is 1.51. The van der Waals surface area contributed by atoms with Gasteiger partial charge in [-0.2, -0.15) is 15.4 Å². The first-order chi connectivity index (χ1) is 6.27. The molecule has 0 saturated carbocycles. The predicted octanol–water partition coefficient (Wildman–Crippen LogP) is -1.15. The number of hydrogen-bond donors (Lipinski definition) is 3. The molecule has 13 heavy (non-hydrogen) atoms. The van der Waals surface area contributed by atoms with Crippen LogP contribution in [0.5, 0.6) is 0 Å². The summed E-state index contributed by atoms with van der Waals surface area (Å²) >= 11 is 0. The fraction of sp³-hybridized carbons (Fsp3) is 0. The quantitative estimate of drug-likeness (QED) is 0.513. The van der Waals surface area contributed by atoms with Gasteiger partial charge in [0.15, 0.2) is 0 Å². The van der Waals surface area contributed by atoms with E-state index in [1.165, 1.54) is 12.4 Å². The van der Waals surface area contributed by atoms with Crippen molar-refractivity contribution < 1.29 is 0 Å². The molecule has 7 heteroatoms. The average molecular weight is 179 g/mol. The number of aromatic nitrogens is 5. The first-order valence-corrected chi connectivity index (χ1v) is 3.45. The molecule has 0 aromatic carbocycles. The summed E-state index contributed by atoms with van der Waals surface area (Å²) in [5.74, 6) is 0. The van der Waals surface area contributed by atoms with Gasteiger partial charge in [0, 0.05) is 6.20 Å². The number of nitrogens with zero attached hydrogens (tertiary/aromatic N) is 2. The third kappa shape index (κ3) is 1.26. The van der Waals surface area contributed by atoms with Crippen molar-refractivity contribution in [1.82, 2.24) is 25.4 Å². The number of aromatic amines is 3. The largest absolute Gasteiger partial charge is 0.325 e. The van der Waals surface area contributed by atoms with Crippen LogP contribution in [0.2, 0.25) is 0 Å². The molecule has 0 atom stereocenters. The second kappa shape index (κ2) is 2.70. The lowest BCUT2D eigenvalue weighted by Gasteiger charge is -1.90. The summed E-state index contributed by atoms with van der Waals surface area (Å²) in [6.45, 7) is 0. The Labute approximate surface area is 70.8 Å². The van der Waals surface area contributed by atoms with Crippen molar-refractivity contribution >= 4 is 0 Å². The molecular weight excluding hydrogens is 174 g/mol. The molecule has 0 spiro atoms. The van der Waals surface area contributed by atoms with Crippen molar-refractivity contribution in [3.63, 3.8) is 0 Å². The lowest BCUT2D eigenvalue weighted by atomic mass is 10.3. The van der Waals surface area contributed by atoms with Crippen molar-refractivity contribution in [3.05, 3.63) is 33.2 Å². The zero-order valence-corrected chi connectivity index (χ0v) is 6.37. The highest BCUT2D eigenvalue weighted by Crippen LogP contribution is 2.05. The molecule has 0 aliphatic heterocycles. The van der Waals surface area contributed by atoms with Crippen LogP contribution in [0.1, 0.15) is 0 Å². The SMILES string of the molecule is O=c1[nH]cc(-c2cn[nH]n2)c(=O)[nH]1. The highest BCUT2D eigenvalue weighted by atomic mass is 16.2. The Morgan fingerprint density at radius 1 is 1.31 bits per heavy atom. The van der Waals surface area contributed by atoms with Crippen LogP contribution in [0.3, 0.4) is 0 Å². The van der Waals surface area contributed by atoms with E-state index in [-0.39, 0.29) is 5.56 Å². The lowest BCUT2D eigenvalue weighted by molar-refractivity contribution is 0.939. The molecule has 2 heterocycles. The third-order valence-electron chi connectivity index (χ3n) is 1.51. The van der Waals surface area contributed by atoms with E-state index in [4.69, 9.17) is 0 Å². The van der Waals surface area contributed by atoms with E-state index >= 15 is 0 Å². The van der Waals surface area contributed by atoms with Gasteiger partial charge in [-0.1, -0.05) is 0 Å². The second-order valence-electron chi connectivity index (χ2n) is 2.34. The monoisotopic (exact) mass is 179 g/mol. The fourth-order valence-electron chi connectivity index (χ4n) is 0.931. The van der Waals surface area contributed by atoms with Crippen LogP contribution < -0.4 is 11.2 Å². The Kier molecular flexibility index (Phi) is 1.55. The highest BCUT2D eigenvalue weighted by Gasteiger charge is 2.05. The standard InChI is InChI=1S/C6H5N5O2/c12-5-3(1-7-6(13)9-5)4-2-8-11-10-4/h1-2H,(H,8,10,11)(H2,7,9,12,13). The molecule has 0 bridgehead atoms. The van der Waals surface area contributed by atoms with Crippen LogP contribution in [0, 0.1) is 0 Å². The average Bonchev–Trinajstić information content (AvgIpc) is 2.56. The maximum absolute atomic E-state index is 11.2. The zero-order chi connectivity index (χ0) is 9.26. The molecule has 2 aromatic heterocycles. The van der Waals surface area contributed by atoms with Gasteiger partial charge >= 0.3 is 5.69 Å². The topological polar surface area (TPSA) is 107 Å². The van der Waals surface area contributed by atoms with Crippen LogP contribution in [0.25, 0.3) is 11.3 Å². The lowest BCUT2D eigenvalue weighted by Crippen LogP contribution is -2.22. The first kappa shape index (κ1) is 7.47. The van der Waals surface area contributed by atoms with Crippen molar-refractivity contribution in [2.45, 2.75) is 0 Å². The van der Waals surface area contributed by atoms with Crippen LogP contribution in [-0.4, -0.2) is 25.4 Å². The van der Waals surface area contributed by atoms with Gasteiger partial charge in [-0.15, -0.1) is 0 Å². The highest BCUT2D eigenvalue weighted by molar-refractivity contribution is 5.54. The van der Waals surface area contributed by atoms with E-state index in [2.05, 4.69) is 25.4 Å². The van der Waals surface area contributed by atoms with Crippen molar-refractivity contribution in [3.8, 4) is 11.3 Å². The molecule has 0 unspecified atom stereocenters. The van der Waals surface area contributed by atoms with Gasteiger partial charge in [0.1, 0.15) is 5.69 Å². The predicted molar refractivity (Wildman–Crippen MR) is 43.1 cm³/mol. The summed E-state index contributed by atoms with van der Waals surface area (Å²) in [5.41, 5.74) is -0.374. The minimum Gasteiger partial charge on any atom is -0.313 e. The molecule has 2 aromatic rings.